The SMILES string of the molecule is CCCCC/C=C(\O[C@@H]1CCCC[C@H]1c1ccccc1)c1ccccc1. The molecule has 0 aliphatic heterocycles. The minimum Gasteiger partial charge on any atom is -0.490 e. The van der Waals surface area contributed by atoms with Crippen LogP contribution in [-0.4, -0.2) is 6.10 Å². The molecule has 1 heteroatoms. The quantitative estimate of drug-likeness (QED) is 0.358. The van der Waals surface area contributed by atoms with E-state index in [9.17, 15) is 0 Å². The zero-order valence-corrected chi connectivity index (χ0v) is 16.1. The van der Waals surface area contributed by atoms with E-state index in [-0.39, 0.29) is 6.10 Å². The Kier molecular flexibility index (Phi) is 7.37. The van der Waals surface area contributed by atoms with Crippen LogP contribution < -0.4 is 0 Å². The van der Waals surface area contributed by atoms with Gasteiger partial charge in [-0.05, 0) is 43.7 Å². The summed E-state index contributed by atoms with van der Waals surface area (Å²) in [6.07, 6.45) is 12.4. The molecule has 0 bridgehead atoms. The van der Waals surface area contributed by atoms with Crippen molar-refractivity contribution in [1.82, 2.24) is 0 Å². The summed E-state index contributed by atoms with van der Waals surface area (Å²) in [5, 5.41) is 0. The van der Waals surface area contributed by atoms with Crippen molar-refractivity contribution in [2.24, 2.45) is 0 Å². The number of ether oxygens (including phenoxy) is 1. The van der Waals surface area contributed by atoms with Gasteiger partial charge in [-0.25, -0.2) is 0 Å². The molecule has 26 heavy (non-hydrogen) atoms. The van der Waals surface area contributed by atoms with E-state index in [1.807, 2.05) is 0 Å². The summed E-state index contributed by atoms with van der Waals surface area (Å²) < 4.78 is 6.69. The molecule has 0 heterocycles. The van der Waals surface area contributed by atoms with E-state index in [0.29, 0.717) is 5.92 Å². The molecule has 0 N–H and O–H groups in total. The van der Waals surface area contributed by atoms with E-state index < -0.39 is 0 Å². The van der Waals surface area contributed by atoms with E-state index in [4.69, 9.17) is 4.74 Å². The Morgan fingerprint density at radius 3 is 2.35 bits per heavy atom. The van der Waals surface area contributed by atoms with Gasteiger partial charge in [0.2, 0.25) is 0 Å². The first-order chi connectivity index (χ1) is 12.9. The Morgan fingerprint density at radius 1 is 0.923 bits per heavy atom. The molecule has 0 spiro atoms. The van der Waals surface area contributed by atoms with E-state index in [2.05, 4.69) is 73.7 Å². The van der Waals surface area contributed by atoms with Crippen LogP contribution in [0.25, 0.3) is 5.76 Å². The van der Waals surface area contributed by atoms with Crippen molar-refractivity contribution in [3.63, 3.8) is 0 Å². The first-order valence-electron chi connectivity index (χ1n) is 10.4. The topological polar surface area (TPSA) is 9.23 Å². The molecule has 0 radical (unpaired) electrons. The molecule has 1 aliphatic rings. The normalized spacial score (nSPS) is 20.7. The maximum Gasteiger partial charge on any atom is 0.122 e. The average molecular weight is 349 g/mol. The number of rotatable bonds is 8. The summed E-state index contributed by atoms with van der Waals surface area (Å²) in [4.78, 5) is 0. The molecule has 0 saturated heterocycles. The van der Waals surface area contributed by atoms with Crippen molar-refractivity contribution in [2.75, 3.05) is 0 Å². The van der Waals surface area contributed by atoms with Crippen LogP contribution in [0, 0.1) is 0 Å². The second-order valence-corrected chi connectivity index (χ2v) is 7.39. The lowest BCUT2D eigenvalue weighted by Crippen LogP contribution is -2.25. The van der Waals surface area contributed by atoms with Gasteiger partial charge in [-0.2, -0.15) is 0 Å². The fourth-order valence-corrected chi connectivity index (χ4v) is 3.95. The van der Waals surface area contributed by atoms with Gasteiger partial charge >= 0.3 is 0 Å². The van der Waals surface area contributed by atoms with Crippen molar-refractivity contribution in [3.05, 3.63) is 77.9 Å². The smallest absolute Gasteiger partial charge is 0.122 e. The van der Waals surface area contributed by atoms with Gasteiger partial charge in [0.05, 0.1) is 0 Å². The van der Waals surface area contributed by atoms with Crippen molar-refractivity contribution in [1.29, 1.82) is 0 Å². The first kappa shape index (κ1) is 18.8. The minimum atomic E-state index is 0.281. The number of benzene rings is 2. The Morgan fingerprint density at radius 2 is 1.62 bits per heavy atom. The van der Waals surface area contributed by atoms with Crippen LogP contribution in [-0.2, 0) is 4.74 Å². The maximum atomic E-state index is 6.69. The molecule has 0 aromatic heterocycles. The number of hydrogen-bond donors (Lipinski definition) is 0. The van der Waals surface area contributed by atoms with Crippen molar-refractivity contribution in [3.8, 4) is 0 Å². The molecule has 1 fully saturated rings. The largest absolute Gasteiger partial charge is 0.490 e. The van der Waals surface area contributed by atoms with E-state index >= 15 is 0 Å². The molecule has 2 aromatic carbocycles. The monoisotopic (exact) mass is 348 g/mol. The Hall–Kier alpha value is -2.02. The maximum absolute atomic E-state index is 6.69. The van der Waals surface area contributed by atoms with Gasteiger partial charge in [0.15, 0.2) is 0 Å². The molecule has 1 nitrogen and oxygen atoms in total. The predicted molar refractivity (Wildman–Crippen MR) is 111 cm³/mol. The van der Waals surface area contributed by atoms with Crippen molar-refractivity contribution >= 4 is 5.76 Å². The fourth-order valence-electron chi connectivity index (χ4n) is 3.95. The van der Waals surface area contributed by atoms with Crippen LogP contribution in [0.2, 0.25) is 0 Å². The molecule has 0 amide bonds. The summed E-state index contributed by atoms with van der Waals surface area (Å²) in [5.41, 5.74) is 2.64. The molecule has 3 rings (SSSR count). The molecule has 1 saturated carbocycles. The zero-order valence-electron chi connectivity index (χ0n) is 16.1. The predicted octanol–water partition coefficient (Wildman–Crippen LogP) is 7.35. The summed E-state index contributed by atoms with van der Waals surface area (Å²) >= 11 is 0. The summed E-state index contributed by atoms with van der Waals surface area (Å²) in [6.45, 7) is 2.25. The van der Waals surface area contributed by atoms with Gasteiger partial charge in [-0.15, -0.1) is 0 Å². The average Bonchev–Trinajstić information content (AvgIpc) is 2.72. The number of allylic oxidation sites excluding steroid dienone is 1. The lowest BCUT2D eigenvalue weighted by Gasteiger charge is -2.33. The molecule has 2 atom stereocenters. The van der Waals surface area contributed by atoms with Gasteiger partial charge in [0.25, 0.3) is 0 Å². The van der Waals surface area contributed by atoms with Crippen LogP contribution in [0.15, 0.2) is 66.7 Å². The Labute approximate surface area is 159 Å². The fraction of sp³-hybridized carbons (Fsp3) is 0.440. The van der Waals surface area contributed by atoms with Gasteiger partial charge in [0, 0.05) is 11.5 Å². The highest BCUT2D eigenvalue weighted by atomic mass is 16.5. The summed E-state index contributed by atoms with van der Waals surface area (Å²) in [7, 11) is 0. The highest BCUT2D eigenvalue weighted by Crippen LogP contribution is 2.37. The lowest BCUT2D eigenvalue weighted by molar-refractivity contribution is 0.102. The Balaban J connectivity index is 1.77. The molecule has 0 unspecified atom stereocenters. The lowest BCUT2D eigenvalue weighted by atomic mass is 9.81. The highest BCUT2D eigenvalue weighted by Gasteiger charge is 2.28. The van der Waals surface area contributed by atoms with Crippen molar-refractivity contribution < 1.29 is 4.74 Å². The third-order valence-corrected chi connectivity index (χ3v) is 5.40. The molecular weight excluding hydrogens is 316 g/mol. The zero-order chi connectivity index (χ0) is 18.0. The van der Waals surface area contributed by atoms with Crippen LogP contribution >= 0.6 is 0 Å². The molecule has 2 aromatic rings. The number of unbranched alkanes of at least 4 members (excludes halogenated alkanes) is 3. The first-order valence-corrected chi connectivity index (χ1v) is 10.4. The third kappa shape index (κ3) is 5.24. The summed E-state index contributed by atoms with van der Waals surface area (Å²) in [6, 6.07) is 21.6. The second kappa shape index (κ2) is 10.2. The van der Waals surface area contributed by atoms with E-state index in [1.165, 1.54) is 49.7 Å². The molecule has 138 valence electrons. The van der Waals surface area contributed by atoms with Crippen LogP contribution in [0.1, 0.15) is 75.3 Å². The van der Waals surface area contributed by atoms with Gasteiger partial charge < -0.3 is 4.74 Å². The van der Waals surface area contributed by atoms with Crippen LogP contribution in [0.4, 0.5) is 0 Å². The Bertz CT molecular complexity index is 659. The highest BCUT2D eigenvalue weighted by molar-refractivity contribution is 5.59. The van der Waals surface area contributed by atoms with Crippen LogP contribution in [0.3, 0.4) is 0 Å². The summed E-state index contributed by atoms with van der Waals surface area (Å²) in [5.74, 6) is 1.59. The van der Waals surface area contributed by atoms with E-state index in [1.54, 1.807) is 0 Å². The minimum absolute atomic E-state index is 0.281. The van der Waals surface area contributed by atoms with Crippen LogP contribution in [0.5, 0.6) is 0 Å². The standard InChI is InChI=1S/C25H32O/c1-2-3-4-11-19-24(22-16-9-6-10-17-22)26-25-20-13-12-18-23(25)21-14-7-5-8-15-21/h5-10,14-17,19,23,25H,2-4,11-13,18,20H2,1H3/b24-19-/t23-,25+/m0/s1. The number of hydrogen-bond acceptors (Lipinski definition) is 1. The van der Waals surface area contributed by atoms with Crippen molar-refractivity contribution in [2.45, 2.75) is 70.3 Å². The molecule has 1 aliphatic carbocycles. The molecular formula is C25H32O. The second-order valence-electron chi connectivity index (χ2n) is 7.39. The van der Waals surface area contributed by atoms with Gasteiger partial charge in [0.1, 0.15) is 11.9 Å². The van der Waals surface area contributed by atoms with E-state index in [0.717, 1.165) is 18.6 Å². The third-order valence-electron chi connectivity index (χ3n) is 5.40. The van der Waals surface area contributed by atoms with Gasteiger partial charge in [-0.3, -0.25) is 0 Å². The van der Waals surface area contributed by atoms with Gasteiger partial charge in [-0.1, -0.05) is 86.8 Å².